The third-order valence-electron chi connectivity index (χ3n) is 6.17. The first-order chi connectivity index (χ1) is 19.4. The highest BCUT2D eigenvalue weighted by Crippen LogP contribution is 2.27. The Balaban J connectivity index is 0.000000223. The van der Waals surface area contributed by atoms with Crippen LogP contribution in [0.15, 0.2) is 84.0 Å². The topological polar surface area (TPSA) is 148 Å². The first-order valence-electron chi connectivity index (χ1n) is 12.3. The Hall–Kier alpha value is -5.45. The van der Waals surface area contributed by atoms with Gasteiger partial charge in [-0.15, -0.1) is 0 Å². The number of nitrogen functional groups attached to an aromatic ring is 2. The first kappa shape index (κ1) is 26.2. The maximum atomic E-state index is 13.8. The lowest BCUT2D eigenvalue weighted by molar-refractivity contribution is 0.380. The van der Waals surface area contributed by atoms with Crippen LogP contribution in [0.25, 0.3) is 38.6 Å². The van der Waals surface area contributed by atoms with E-state index < -0.39 is 0 Å². The summed E-state index contributed by atoms with van der Waals surface area (Å²) in [5.41, 5.74) is 14.8. The molecule has 4 aromatic heterocycles. The highest BCUT2D eigenvalue weighted by molar-refractivity contribution is 5.96. The van der Waals surface area contributed by atoms with Gasteiger partial charge in [0.1, 0.15) is 11.3 Å². The van der Waals surface area contributed by atoms with Gasteiger partial charge in [0.25, 0.3) is 5.56 Å². The van der Waals surface area contributed by atoms with Gasteiger partial charge in [0.2, 0.25) is 5.95 Å². The van der Waals surface area contributed by atoms with Gasteiger partial charge >= 0.3 is 6.01 Å². The number of pyridine rings is 2. The summed E-state index contributed by atoms with van der Waals surface area (Å²) < 4.78 is 20.4. The number of methoxy groups -OCH3 is 1. The van der Waals surface area contributed by atoms with Gasteiger partial charge in [-0.05, 0) is 53.8 Å². The van der Waals surface area contributed by atoms with E-state index in [1.807, 2.05) is 31.2 Å². The van der Waals surface area contributed by atoms with E-state index in [1.54, 1.807) is 47.4 Å². The van der Waals surface area contributed by atoms with E-state index in [4.69, 9.17) is 16.2 Å². The van der Waals surface area contributed by atoms with Gasteiger partial charge in [-0.2, -0.15) is 4.98 Å². The molecule has 0 fully saturated rings. The minimum atomic E-state index is -0.386. The number of aryl methyl sites for hydroxylation is 1. The number of anilines is 2. The fourth-order valence-corrected chi connectivity index (χ4v) is 4.38. The molecule has 2 aromatic carbocycles. The molecule has 4 N–H and O–H groups in total. The number of rotatable bonds is 4. The zero-order valence-corrected chi connectivity index (χ0v) is 21.7. The van der Waals surface area contributed by atoms with E-state index >= 15 is 0 Å². The Morgan fingerprint density at radius 3 is 2.45 bits per heavy atom. The Bertz CT molecular complexity index is 1890. The molecule has 200 valence electrons. The van der Waals surface area contributed by atoms with Crippen molar-refractivity contribution in [1.29, 1.82) is 0 Å². The van der Waals surface area contributed by atoms with E-state index in [1.165, 1.54) is 19.2 Å². The summed E-state index contributed by atoms with van der Waals surface area (Å²) >= 11 is 0. The quantitative estimate of drug-likeness (QED) is 0.335. The van der Waals surface area contributed by atoms with Gasteiger partial charge in [0.05, 0.1) is 23.7 Å². The molecule has 4 heterocycles. The van der Waals surface area contributed by atoms with Crippen molar-refractivity contribution in [2.24, 2.45) is 0 Å². The number of hydrogen-bond acceptors (Lipinski definition) is 9. The molecule has 0 aliphatic rings. The Kier molecular flexibility index (Phi) is 7.27. The molecule has 0 amide bonds. The lowest BCUT2D eigenvalue weighted by Gasteiger charge is -2.15. The average molecular weight is 537 g/mol. The van der Waals surface area contributed by atoms with Crippen LogP contribution in [-0.2, 0) is 6.42 Å². The van der Waals surface area contributed by atoms with Crippen molar-refractivity contribution in [3.63, 3.8) is 0 Å². The van der Waals surface area contributed by atoms with E-state index in [0.29, 0.717) is 39.9 Å². The van der Waals surface area contributed by atoms with E-state index in [0.717, 1.165) is 16.6 Å². The van der Waals surface area contributed by atoms with Crippen LogP contribution in [0.2, 0.25) is 0 Å². The maximum Gasteiger partial charge on any atom is 0.316 e. The monoisotopic (exact) mass is 536 g/mol. The van der Waals surface area contributed by atoms with Gasteiger partial charge in [0, 0.05) is 29.8 Å². The summed E-state index contributed by atoms with van der Waals surface area (Å²) in [6.07, 6.45) is 5.52. The number of nitrogens with two attached hydrogens (primary N) is 2. The predicted molar refractivity (Wildman–Crippen MR) is 153 cm³/mol. The Morgan fingerprint density at radius 1 is 0.950 bits per heavy atom. The molecule has 0 unspecified atom stereocenters. The van der Waals surface area contributed by atoms with E-state index in [2.05, 4.69) is 24.9 Å². The molecular weight excluding hydrogens is 511 g/mol. The van der Waals surface area contributed by atoms with Crippen LogP contribution in [0.1, 0.15) is 12.6 Å². The summed E-state index contributed by atoms with van der Waals surface area (Å²) in [6, 6.07) is 17.5. The molecule has 0 aliphatic carbocycles. The third-order valence-corrected chi connectivity index (χ3v) is 6.17. The largest absolute Gasteiger partial charge is 0.467 e. The summed E-state index contributed by atoms with van der Waals surface area (Å²) in [5, 5.41) is 1.36. The normalized spacial score (nSPS) is 10.8. The fraction of sp³-hybridized carbons (Fsp3) is 0.103. The molecule has 0 saturated heterocycles. The lowest BCUT2D eigenvalue weighted by Crippen LogP contribution is -2.22. The fourth-order valence-electron chi connectivity index (χ4n) is 4.38. The molecule has 0 saturated carbocycles. The second-order valence-electron chi connectivity index (χ2n) is 8.68. The van der Waals surface area contributed by atoms with Gasteiger partial charge in [0.15, 0.2) is 5.82 Å². The summed E-state index contributed by atoms with van der Waals surface area (Å²) in [4.78, 5) is 33.6. The minimum Gasteiger partial charge on any atom is -0.467 e. The number of ether oxygens (including phenoxy) is 1. The number of hydrogen-bond donors (Lipinski definition) is 2. The second kappa shape index (κ2) is 11.1. The molecule has 0 aliphatic heterocycles. The first-order valence-corrected chi connectivity index (χ1v) is 12.3. The summed E-state index contributed by atoms with van der Waals surface area (Å²) in [5.74, 6) is 0.106. The number of halogens is 1. The van der Waals surface area contributed by atoms with Gasteiger partial charge in [-0.25, -0.2) is 19.3 Å². The number of benzene rings is 2. The van der Waals surface area contributed by atoms with Crippen molar-refractivity contribution in [1.82, 2.24) is 29.5 Å². The van der Waals surface area contributed by atoms with Gasteiger partial charge in [-0.3, -0.25) is 14.3 Å². The molecule has 0 bridgehead atoms. The average Bonchev–Trinajstić information content (AvgIpc) is 2.97. The van der Waals surface area contributed by atoms with Crippen LogP contribution in [0.4, 0.5) is 16.2 Å². The van der Waals surface area contributed by atoms with Crippen LogP contribution < -0.4 is 21.8 Å². The van der Waals surface area contributed by atoms with Crippen molar-refractivity contribution in [3.8, 4) is 22.8 Å². The Labute approximate surface area is 228 Å². The molecule has 6 rings (SSSR count). The zero-order valence-electron chi connectivity index (χ0n) is 21.7. The van der Waals surface area contributed by atoms with Crippen molar-refractivity contribution < 1.29 is 9.13 Å². The zero-order chi connectivity index (χ0) is 28.2. The van der Waals surface area contributed by atoms with E-state index in [9.17, 15) is 9.18 Å². The van der Waals surface area contributed by atoms with Gasteiger partial charge in [-0.1, -0.05) is 31.2 Å². The van der Waals surface area contributed by atoms with Crippen LogP contribution in [0.5, 0.6) is 6.01 Å². The molecule has 11 heteroatoms. The molecule has 6 aromatic rings. The molecule has 0 spiro atoms. The molecule has 0 radical (unpaired) electrons. The molecule has 0 atom stereocenters. The number of nitrogens with zero attached hydrogens (tertiary/aromatic N) is 6. The third kappa shape index (κ3) is 5.12. The number of aromatic nitrogens is 6. The van der Waals surface area contributed by atoms with Crippen LogP contribution >= 0.6 is 0 Å². The lowest BCUT2D eigenvalue weighted by atomic mass is 10.0. The smallest absolute Gasteiger partial charge is 0.316 e. The van der Waals surface area contributed by atoms with Crippen molar-refractivity contribution >= 4 is 33.6 Å². The molecule has 10 nitrogen and oxygen atoms in total. The molecular formula is C29H25FN8O2. The standard InChI is InChI=1S/C22H18FN3O2.C7H7N5/c1-3-17-10-14-6-4-9-19(15-12-24-22(28-2)25-13-15)20(14)21(27)26(17)18-8-5-7-16(23)11-18;8-6-5-4(2-1-3-10-5)11-7(9)12-6/h4-13H,3H2,1-2H3;1-3H,(H4,8,9,11,12). The SMILES string of the molecule is CCc1cc2cccc(-c3cnc(OC)nc3)c2c(=O)n1-c1cccc(F)c1.Nc1nc(N)c2ncccc2n1. The Morgan fingerprint density at radius 2 is 1.73 bits per heavy atom. The number of fused-ring (bicyclic) bond motifs is 2. The van der Waals surface area contributed by atoms with E-state index in [-0.39, 0.29) is 23.3 Å². The molecule has 40 heavy (non-hydrogen) atoms. The van der Waals surface area contributed by atoms with Crippen molar-refractivity contribution in [3.05, 3.63) is 101 Å². The maximum absolute atomic E-state index is 13.8. The van der Waals surface area contributed by atoms with Crippen LogP contribution in [0, 0.1) is 5.82 Å². The summed E-state index contributed by atoms with van der Waals surface area (Å²) in [7, 11) is 1.50. The predicted octanol–water partition coefficient (Wildman–Crippen LogP) is 4.35. The minimum absolute atomic E-state index is 0.174. The van der Waals surface area contributed by atoms with Crippen molar-refractivity contribution in [2.75, 3.05) is 18.6 Å². The second-order valence-corrected chi connectivity index (χ2v) is 8.68. The van der Waals surface area contributed by atoms with Crippen LogP contribution in [-0.4, -0.2) is 36.6 Å². The van der Waals surface area contributed by atoms with Gasteiger partial charge < -0.3 is 16.2 Å². The summed E-state index contributed by atoms with van der Waals surface area (Å²) in [6.45, 7) is 1.97. The van der Waals surface area contributed by atoms with Crippen LogP contribution in [0.3, 0.4) is 0 Å². The highest BCUT2D eigenvalue weighted by atomic mass is 19.1. The highest BCUT2D eigenvalue weighted by Gasteiger charge is 2.15. The van der Waals surface area contributed by atoms with Crippen molar-refractivity contribution in [2.45, 2.75) is 13.3 Å².